The predicted molar refractivity (Wildman–Crippen MR) is 91.9 cm³/mol. The third-order valence-corrected chi connectivity index (χ3v) is 6.95. The smallest absolute Gasteiger partial charge is 0.217 e. The molecule has 0 radical (unpaired) electrons. The van der Waals surface area contributed by atoms with E-state index in [0.717, 1.165) is 30.0 Å². The molecule has 1 fully saturated rings. The van der Waals surface area contributed by atoms with E-state index in [-0.39, 0.29) is 17.6 Å². The normalized spacial score (nSPS) is 19.7. The van der Waals surface area contributed by atoms with Gasteiger partial charge in [-0.2, -0.15) is 0 Å². The maximum Gasteiger partial charge on any atom is 0.217 e. The van der Waals surface area contributed by atoms with Crippen LogP contribution in [0.5, 0.6) is 0 Å². The van der Waals surface area contributed by atoms with Gasteiger partial charge in [-0.25, -0.2) is 17.7 Å². The fourth-order valence-corrected chi connectivity index (χ4v) is 5.33. The van der Waals surface area contributed by atoms with Crippen LogP contribution in [0, 0.1) is 0 Å². The zero-order chi connectivity index (χ0) is 16.9. The molecule has 1 aromatic rings. The summed E-state index contributed by atoms with van der Waals surface area (Å²) in [6.07, 6.45) is 3.43. The summed E-state index contributed by atoms with van der Waals surface area (Å²) in [6, 6.07) is 0. The summed E-state index contributed by atoms with van der Waals surface area (Å²) in [4.78, 5) is 15.5. The predicted octanol–water partition coefficient (Wildman–Crippen LogP) is 2.09. The summed E-state index contributed by atoms with van der Waals surface area (Å²) in [7, 11) is -3.15. The number of amides is 1. The average Bonchev–Trinajstić information content (AvgIpc) is 3.00. The first-order valence-electron chi connectivity index (χ1n) is 8.09. The van der Waals surface area contributed by atoms with Gasteiger partial charge < -0.3 is 5.32 Å². The Kier molecular flexibility index (Phi) is 6.55. The number of unbranched alkanes of at least 4 members (excludes halogenated alkanes) is 1. The summed E-state index contributed by atoms with van der Waals surface area (Å²) >= 11 is 1.55. The van der Waals surface area contributed by atoms with Crippen molar-refractivity contribution in [2.45, 2.75) is 52.0 Å². The Labute approximate surface area is 142 Å². The molecule has 1 saturated heterocycles. The second kappa shape index (κ2) is 8.21. The van der Waals surface area contributed by atoms with Crippen molar-refractivity contribution in [3.05, 3.63) is 16.1 Å². The molecular weight excluding hydrogens is 334 g/mol. The first kappa shape index (κ1) is 18.4. The van der Waals surface area contributed by atoms with Gasteiger partial charge in [0.05, 0.1) is 23.0 Å². The van der Waals surface area contributed by atoms with Crippen LogP contribution in [0.3, 0.4) is 0 Å². The number of aromatic nitrogens is 1. The summed E-state index contributed by atoms with van der Waals surface area (Å²) in [5, 5.41) is 5.65. The summed E-state index contributed by atoms with van der Waals surface area (Å²) in [5.41, 5.74) is 0.839. The average molecular weight is 360 g/mol. The third-order valence-electron chi connectivity index (χ3n) is 3.97. The molecule has 2 rings (SSSR count). The molecule has 1 amide bonds. The van der Waals surface area contributed by atoms with E-state index in [1.165, 1.54) is 6.92 Å². The van der Waals surface area contributed by atoms with Gasteiger partial charge in [0.15, 0.2) is 0 Å². The van der Waals surface area contributed by atoms with Crippen molar-refractivity contribution in [3.8, 4) is 0 Å². The van der Waals surface area contributed by atoms with Crippen LogP contribution in [0.2, 0.25) is 0 Å². The Morgan fingerprint density at radius 2 is 2.30 bits per heavy atom. The van der Waals surface area contributed by atoms with Gasteiger partial charge in [-0.05, 0) is 19.3 Å². The monoisotopic (exact) mass is 359 g/mol. The SMILES string of the molecule is CCCCS(=O)(=O)N1CCC[C@H](c2nc(CNC(C)=O)cs2)C1. The Morgan fingerprint density at radius 3 is 3.00 bits per heavy atom. The zero-order valence-electron chi connectivity index (χ0n) is 13.7. The molecule has 130 valence electrons. The van der Waals surface area contributed by atoms with Crippen LogP contribution in [0.15, 0.2) is 5.38 Å². The van der Waals surface area contributed by atoms with Crippen LogP contribution in [0.1, 0.15) is 56.2 Å². The van der Waals surface area contributed by atoms with Crippen LogP contribution in [-0.2, 0) is 21.4 Å². The summed E-state index contributed by atoms with van der Waals surface area (Å²) in [5.74, 6) is 0.323. The molecule has 1 aliphatic heterocycles. The van der Waals surface area contributed by atoms with E-state index in [4.69, 9.17) is 0 Å². The number of thiazole rings is 1. The van der Waals surface area contributed by atoms with Crippen molar-refractivity contribution in [2.24, 2.45) is 0 Å². The first-order valence-corrected chi connectivity index (χ1v) is 10.6. The van der Waals surface area contributed by atoms with Crippen molar-refractivity contribution >= 4 is 27.3 Å². The van der Waals surface area contributed by atoms with E-state index in [2.05, 4.69) is 10.3 Å². The first-order chi connectivity index (χ1) is 10.9. The molecule has 0 bridgehead atoms. The van der Waals surface area contributed by atoms with Gasteiger partial charge >= 0.3 is 0 Å². The molecule has 6 nitrogen and oxygen atoms in total. The standard InChI is InChI=1S/C15H25N3O3S2/c1-3-4-8-23(20,21)18-7-5-6-13(10-18)15-17-14(11-22-15)9-16-12(2)19/h11,13H,3-10H2,1-2H3,(H,16,19)/t13-/m0/s1. The fraction of sp³-hybridized carbons (Fsp3) is 0.733. The molecule has 23 heavy (non-hydrogen) atoms. The highest BCUT2D eigenvalue weighted by Crippen LogP contribution is 2.30. The van der Waals surface area contributed by atoms with Gasteiger partial charge in [0.1, 0.15) is 0 Å². The number of piperidine rings is 1. The van der Waals surface area contributed by atoms with Crippen LogP contribution in [-0.4, -0.2) is 42.5 Å². The van der Waals surface area contributed by atoms with Crippen LogP contribution in [0.25, 0.3) is 0 Å². The minimum absolute atomic E-state index is 0.0783. The quantitative estimate of drug-likeness (QED) is 0.808. The molecule has 2 heterocycles. The van der Waals surface area contributed by atoms with Gasteiger partial charge in [0.2, 0.25) is 15.9 Å². The molecule has 0 spiro atoms. The highest BCUT2D eigenvalue weighted by atomic mass is 32.2. The van der Waals surface area contributed by atoms with Crippen LogP contribution < -0.4 is 5.32 Å². The van der Waals surface area contributed by atoms with Crippen LogP contribution in [0.4, 0.5) is 0 Å². The molecular formula is C15H25N3O3S2. The maximum atomic E-state index is 12.4. The number of nitrogens with zero attached hydrogens (tertiary/aromatic N) is 2. The second-order valence-electron chi connectivity index (χ2n) is 5.95. The van der Waals surface area contributed by atoms with E-state index >= 15 is 0 Å². The summed E-state index contributed by atoms with van der Waals surface area (Å²) in [6.45, 7) is 5.05. The number of hydrogen-bond acceptors (Lipinski definition) is 5. The van der Waals surface area contributed by atoms with Crippen molar-refractivity contribution in [3.63, 3.8) is 0 Å². The third kappa shape index (κ3) is 5.26. The Morgan fingerprint density at radius 1 is 1.52 bits per heavy atom. The molecule has 1 N–H and O–H groups in total. The van der Waals surface area contributed by atoms with Gasteiger partial charge in [0.25, 0.3) is 0 Å². The number of hydrogen-bond donors (Lipinski definition) is 1. The van der Waals surface area contributed by atoms with E-state index in [0.29, 0.717) is 26.1 Å². The topological polar surface area (TPSA) is 79.4 Å². The van der Waals surface area contributed by atoms with Crippen molar-refractivity contribution < 1.29 is 13.2 Å². The second-order valence-corrected chi connectivity index (χ2v) is 8.93. The number of carbonyl (C=O) groups is 1. The number of rotatable bonds is 7. The van der Waals surface area contributed by atoms with Crippen molar-refractivity contribution in [1.82, 2.24) is 14.6 Å². The van der Waals surface area contributed by atoms with E-state index in [9.17, 15) is 13.2 Å². The van der Waals surface area contributed by atoms with Gasteiger partial charge in [-0.15, -0.1) is 11.3 Å². The zero-order valence-corrected chi connectivity index (χ0v) is 15.4. The summed E-state index contributed by atoms with van der Waals surface area (Å²) < 4.78 is 26.4. The van der Waals surface area contributed by atoms with Gasteiger partial charge in [-0.1, -0.05) is 13.3 Å². The van der Waals surface area contributed by atoms with Gasteiger partial charge in [-0.3, -0.25) is 4.79 Å². The molecule has 1 atom stereocenters. The fourth-order valence-electron chi connectivity index (χ4n) is 2.66. The number of sulfonamides is 1. The Bertz CT molecular complexity index is 628. The van der Waals surface area contributed by atoms with E-state index in [1.807, 2.05) is 12.3 Å². The highest BCUT2D eigenvalue weighted by molar-refractivity contribution is 7.89. The lowest BCUT2D eigenvalue weighted by molar-refractivity contribution is -0.119. The number of carbonyl (C=O) groups excluding carboxylic acids is 1. The molecule has 1 aliphatic rings. The molecule has 0 aliphatic carbocycles. The highest BCUT2D eigenvalue weighted by Gasteiger charge is 2.30. The maximum absolute atomic E-state index is 12.4. The lowest BCUT2D eigenvalue weighted by Crippen LogP contribution is -2.40. The molecule has 0 unspecified atom stereocenters. The molecule has 1 aromatic heterocycles. The minimum atomic E-state index is -3.15. The number of nitrogens with one attached hydrogen (secondary N) is 1. The largest absolute Gasteiger partial charge is 0.351 e. The minimum Gasteiger partial charge on any atom is -0.351 e. The van der Waals surface area contributed by atoms with E-state index < -0.39 is 10.0 Å². The molecule has 0 saturated carbocycles. The Balaban J connectivity index is 1.99. The van der Waals surface area contributed by atoms with Gasteiger partial charge in [0, 0.05) is 31.3 Å². The lowest BCUT2D eigenvalue weighted by atomic mass is 10.0. The van der Waals surface area contributed by atoms with Crippen molar-refractivity contribution in [1.29, 1.82) is 0 Å². The molecule has 8 heteroatoms. The Hall–Kier alpha value is -0.990. The lowest BCUT2D eigenvalue weighted by Gasteiger charge is -2.31. The van der Waals surface area contributed by atoms with E-state index in [1.54, 1.807) is 15.6 Å². The van der Waals surface area contributed by atoms with Crippen molar-refractivity contribution in [2.75, 3.05) is 18.8 Å². The molecule has 0 aromatic carbocycles. The van der Waals surface area contributed by atoms with Crippen LogP contribution >= 0.6 is 11.3 Å².